The summed E-state index contributed by atoms with van der Waals surface area (Å²) in [6.07, 6.45) is 2.90. The van der Waals surface area contributed by atoms with Gasteiger partial charge in [-0.2, -0.15) is 0 Å². The standard InChI is InChI=1S/C9H7IN2O2S/c10-9-11-6-7-12(9)15(13,14)8-4-2-1-3-5-8/h1-7H. The van der Waals surface area contributed by atoms with E-state index in [0.29, 0.717) is 3.83 Å². The van der Waals surface area contributed by atoms with E-state index >= 15 is 0 Å². The molecule has 0 saturated heterocycles. The van der Waals surface area contributed by atoms with Crippen LogP contribution in [-0.2, 0) is 10.0 Å². The van der Waals surface area contributed by atoms with Crippen molar-refractivity contribution in [2.24, 2.45) is 0 Å². The maximum atomic E-state index is 12.0. The molecule has 1 aromatic heterocycles. The van der Waals surface area contributed by atoms with Crippen molar-refractivity contribution in [2.45, 2.75) is 4.90 Å². The molecule has 0 N–H and O–H groups in total. The number of aromatic nitrogens is 2. The molecular formula is C9H7IN2O2S. The quantitative estimate of drug-likeness (QED) is 0.786. The van der Waals surface area contributed by atoms with E-state index in [1.54, 1.807) is 30.3 Å². The highest BCUT2D eigenvalue weighted by Gasteiger charge is 2.18. The summed E-state index contributed by atoms with van der Waals surface area (Å²) >= 11 is 1.88. The predicted octanol–water partition coefficient (Wildman–Crippen LogP) is 1.72. The molecule has 2 rings (SSSR count). The van der Waals surface area contributed by atoms with Gasteiger partial charge in [-0.25, -0.2) is 17.4 Å². The Morgan fingerprint density at radius 2 is 1.87 bits per heavy atom. The zero-order valence-electron chi connectivity index (χ0n) is 7.54. The number of rotatable bonds is 2. The zero-order valence-corrected chi connectivity index (χ0v) is 10.5. The van der Waals surface area contributed by atoms with E-state index in [1.807, 2.05) is 22.6 Å². The van der Waals surface area contributed by atoms with Crippen LogP contribution in [-0.4, -0.2) is 17.4 Å². The molecule has 0 spiro atoms. The Hall–Kier alpha value is -0.890. The molecule has 0 radical (unpaired) electrons. The molecule has 0 aliphatic heterocycles. The van der Waals surface area contributed by atoms with Crippen LogP contribution in [0.15, 0.2) is 47.6 Å². The first-order valence-electron chi connectivity index (χ1n) is 4.12. The van der Waals surface area contributed by atoms with Gasteiger partial charge < -0.3 is 0 Å². The van der Waals surface area contributed by atoms with Crippen molar-refractivity contribution in [3.05, 3.63) is 46.6 Å². The van der Waals surface area contributed by atoms with Crippen LogP contribution in [0.4, 0.5) is 0 Å². The van der Waals surface area contributed by atoms with E-state index in [9.17, 15) is 8.42 Å². The highest BCUT2D eigenvalue weighted by Crippen LogP contribution is 2.15. The van der Waals surface area contributed by atoms with Gasteiger partial charge in [0.05, 0.1) is 4.90 Å². The Morgan fingerprint density at radius 1 is 1.20 bits per heavy atom. The van der Waals surface area contributed by atoms with Crippen LogP contribution in [0.3, 0.4) is 0 Å². The van der Waals surface area contributed by atoms with Crippen LogP contribution < -0.4 is 0 Å². The van der Waals surface area contributed by atoms with Gasteiger partial charge in [-0.05, 0) is 12.1 Å². The van der Waals surface area contributed by atoms with E-state index < -0.39 is 10.0 Å². The SMILES string of the molecule is O=S(=O)(c1ccccc1)n1ccnc1I. The summed E-state index contributed by atoms with van der Waals surface area (Å²) in [6.45, 7) is 0. The largest absolute Gasteiger partial charge is 0.269 e. The second-order valence-corrected chi connectivity index (χ2v) is 5.59. The van der Waals surface area contributed by atoms with Crippen molar-refractivity contribution in [2.75, 3.05) is 0 Å². The first-order valence-corrected chi connectivity index (χ1v) is 6.64. The molecule has 0 aliphatic rings. The number of halogens is 1. The average molecular weight is 334 g/mol. The van der Waals surface area contributed by atoms with Crippen LogP contribution in [0.5, 0.6) is 0 Å². The van der Waals surface area contributed by atoms with E-state index in [-0.39, 0.29) is 4.90 Å². The Balaban J connectivity index is 2.60. The van der Waals surface area contributed by atoms with E-state index in [0.717, 1.165) is 3.97 Å². The minimum absolute atomic E-state index is 0.265. The lowest BCUT2D eigenvalue weighted by molar-refractivity contribution is 0.586. The van der Waals surface area contributed by atoms with Gasteiger partial charge in [0.2, 0.25) is 0 Å². The van der Waals surface area contributed by atoms with Crippen LogP contribution in [0.25, 0.3) is 0 Å². The van der Waals surface area contributed by atoms with Gasteiger partial charge in [0.25, 0.3) is 10.0 Å². The third-order valence-corrected chi connectivity index (χ3v) is 4.67. The molecule has 0 aliphatic carbocycles. The van der Waals surface area contributed by atoms with E-state index in [4.69, 9.17) is 0 Å². The van der Waals surface area contributed by atoms with Crippen molar-refractivity contribution in [3.63, 3.8) is 0 Å². The molecule has 15 heavy (non-hydrogen) atoms. The Morgan fingerprint density at radius 3 is 2.40 bits per heavy atom. The van der Waals surface area contributed by atoms with Gasteiger partial charge in [0, 0.05) is 35.0 Å². The minimum atomic E-state index is -3.48. The summed E-state index contributed by atoms with van der Waals surface area (Å²) in [5.41, 5.74) is 0. The molecule has 0 amide bonds. The molecule has 6 heteroatoms. The Labute approximate surface area is 101 Å². The number of hydrogen-bond donors (Lipinski definition) is 0. The van der Waals surface area contributed by atoms with Crippen LogP contribution >= 0.6 is 22.6 Å². The maximum Gasteiger partial charge on any atom is 0.269 e. The smallest absolute Gasteiger partial charge is 0.231 e. The maximum absolute atomic E-state index is 12.0. The fourth-order valence-electron chi connectivity index (χ4n) is 1.16. The fraction of sp³-hybridized carbons (Fsp3) is 0. The molecule has 1 heterocycles. The number of nitrogens with zero attached hydrogens (tertiary/aromatic N) is 2. The third-order valence-electron chi connectivity index (χ3n) is 1.86. The summed E-state index contributed by atoms with van der Waals surface area (Å²) in [5.74, 6) is 0. The second-order valence-electron chi connectivity index (χ2n) is 2.81. The lowest BCUT2D eigenvalue weighted by Crippen LogP contribution is -2.13. The molecule has 2 aromatic rings. The summed E-state index contributed by atoms with van der Waals surface area (Å²) in [6, 6.07) is 8.28. The minimum Gasteiger partial charge on any atom is -0.231 e. The molecule has 0 atom stereocenters. The van der Waals surface area contributed by atoms with Crippen molar-refractivity contribution >= 4 is 32.6 Å². The van der Waals surface area contributed by atoms with Crippen molar-refractivity contribution in [3.8, 4) is 0 Å². The molecule has 78 valence electrons. The van der Waals surface area contributed by atoms with Gasteiger partial charge in [-0.15, -0.1) is 0 Å². The fourth-order valence-corrected chi connectivity index (χ4v) is 3.45. The Bertz CT molecular complexity index is 563. The lowest BCUT2D eigenvalue weighted by Gasteiger charge is -2.05. The molecule has 0 bridgehead atoms. The van der Waals surface area contributed by atoms with Gasteiger partial charge in [0.1, 0.15) is 0 Å². The molecule has 4 nitrogen and oxygen atoms in total. The molecule has 1 aromatic carbocycles. The van der Waals surface area contributed by atoms with Crippen LogP contribution in [0.2, 0.25) is 0 Å². The highest BCUT2D eigenvalue weighted by molar-refractivity contribution is 14.1. The van der Waals surface area contributed by atoms with Crippen molar-refractivity contribution in [1.29, 1.82) is 0 Å². The van der Waals surface area contributed by atoms with E-state index in [1.165, 1.54) is 12.4 Å². The first-order chi connectivity index (χ1) is 7.12. The van der Waals surface area contributed by atoms with Crippen molar-refractivity contribution in [1.82, 2.24) is 8.96 Å². The monoisotopic (exact) mass is 334 g/mol. The highest BCUT2D eigenvalue weighted by atomic mass is 127. The number of benzene rings is 1. The summed E-state index contributed by atoms with van der Waals surface area (Å²) in [7, 11) is -3.48. The summed E-state index contributed by atoms with van der Waals surface area (Å²) < 4.78 is 25.7. The van der Waals surface area contributed by atoms with Crippen molar-refractivity contribution < 1.29 is 8.42 Å². The van der Waals surface area contributed by atoms with Gasteiger partial charge >= 0.3 is 0 Å². The van der Waals surface area contributed by atoms with Crippen LogP contribution in [0, 0.1) is 3.83 Å². The molecule has 0 fully saturated rings. The Kier molecular flexibility index (Phi) is 2.79. The first kappa shape index (κ1) is 10.6. The van der Waals surface area contributed by atoms with Gasteiger partial charge in [0.15, 0.2) is 3.83 Å². The van der Waals surface area contributed by atoms with Gasteiger partial charge in [-0.1, -0.05) is 18.2 Å². The number of imidazole rings is 1. The topological polar surface area (TPSA) is 52.0 Å². The summed E-state index contributed by atoms with van der Waals surface area (Å²) in [5, 5.41) is 0. The lowest BCUT2D eigenvalue weighted by atomic mass is 10.4. The van der Waals surface area contributed by atoms with E-state index in [2.05, 4.69) is 4.98 Å². The summed E-state index contributed by atoms with van der Waals surface area (Å²) in [4.78, 5) is 4.14. The zero-order chi connectivity index (χ0) is 10.9. The number of hydrogen-bond acceptors (Lipinski definition) is 3. The molecule has 0 saturated carbocycles. The second kappa shape index (κ2) is 3.93. The average Bonchev–Trinajstić information content (AvgIpc) is 2.66. The molecular weight excluding hydrogens is 327 g/mol. The third kappa shape index (κ3) is 1.91. The van der Waals surface area contributed by atoms with Crippen LogP contribution in [0.1, 0.15) is 0 Å². The normalized spacial score (nSPS) is 11.5. The molecule has 0 unspecified atom stereocenters. The van der Waals surface area contributed by atoms with Gasteiger partial charge in [-0.3, -0.25) is 0 Å². The predicted molar refractivity (Wildman–Crippen MR) is 64.0 cm³/mol.